The first kappa shape index (κ1) is 15.7. The smallest absolute Gasteiger partial charge is 0.485 e. The van der Waals surface area contributed by atoms with Crippen LogP contribution in [-0.2, 0) is 0 Å². The van der Waals surface area contributed by atoms with Crippen LogP contribution in [0.1, 0.15) is 10.4 Å². The number of hydrogen-bond acceptors (Lipinski definition) is 4. The van der Waals surface area contributed by atoms with Crippen molar-refractivity contribution in [3.8, 4) is 11.5 Å². The van der Waals surface area contributed by atoms with E-state index in [4.69, 9.17) is 10.5 Å². The van der Waals surface area contributed by atoms with E-state index in [1.54, 1.807) is 24.3 Å². The molecular weight excluding hydrogens is 299 g/mol. The van der Waals surface area contributed by atoms with Crippen molar-refractivity contribution in [3.05, 3.63) is 54.1 Å². The Hall–Kier alpha value is -2.70. The summed E-state index contributed by atoms with van der Waals surface area (Å²) in [5, 5.41) is 0. The van der Waals surface area contributed by atoms with E-state index in [1.165, 1.54) is 12.1 Å². The first-order valence-corrected chi connectivity index (χ1v) is 6.21. The first-order valence-electron chi connectivity index (χ1n) is 6.21. The number of Topliss-reactive ketones (excluding diaryl/α,β-unsaturated/α-hetero) is 1. The Kier molecular flexibility index (Phi) is 4.55. The van der Waals surface area contributed by atoms with Crippen LogP contribution in [0.15, 0.2) is 48.5 Å². The molecule has 22 heavy (non-hydrogen) atoms. The quantitative estimate of drug-likeness (QED) is 0.679. The molecule has 0 aliphatic rings. The van der Waals surface area contributed by atoms with Gasteiger partial charge in [0.15, 0.2) is 12.4 Å². The zero-order valence-electron chi connectivity index (χ0n) is 11.3. The summed E-state index contributed by atoms with van der Waals surface area (Å²) in [6.07, 6.45) is -4.76. The summed E-state index contributed by atoms with van der Waals surface area (Å²) in [7, 11) is 0. The van der Waals surface area contributed by atoms with E-state index >= 15 is 0 Å². The van der Waals surface area contributed by atoms with Crippen LogP contribution in [0.25, 0.3) is 0 Å². The van der Waals surface area contributed by atoms with Gasteiger partial charge < -0.3 is 15.2 Å². The molecule has 0 aromatic heterocycles. The van der Waals surface area contributed by atoms with Crippen LogP contribution in [0, 0.1) is 0 Å². The minimum Gasteiger partial charge on any atom is -0.485 e. The Morgan fingerprint density at radius 1 is 1.05 bits per heavy atom. The summed E-state index contributed by atoms with van der Waals surface area (Å²) < 4.78 is 45.1. The number of hydrogen-bond donors (Lipinski definition) is 1. The second kappa shape index (κ2) is 6.38. The largest absolute Gasteiger partial charge is 0.573 e. The lowest BCUT2D eigenvalue weighted by Gasteiger charge is -2.09. The molecule has 0 saturated carbocycles. The number of carbonyl (C=O) groups is 1. The molecule has 0 radical (unpaired) electrons. The second-order valence-electron chi connectivity index (χ2n) is 4.36. The Labute approximate surface area is 124 Å². The van der Waals surface area contributed by atoms with Gasteiger partial charge >= 0.3 is 6.36 Å². The SMILES string of the molecule is Nc1cccc(OCC(=O)c2ccc(OC(F)(F)F)cc2)c1. The average Bonchev–Trinajstić information content (AvgIpc) is 2.44. The van der Waals surface area contributed by atoms with Gasteiger partial charge in [-0.2, -0.15) is 0 Å². The van der Waals surface area contributed by atoms with Crippen molar-refractivity contribution in [2.45, 2.75) is 6.36 Å². The molecule has 2 aromatic carbocycles. The molecule has 2 aromatic rings. The number of halogens is 3. The number of rotatable bonds is 5. The number of ketones is 1. The van der Waals surface area contributed by atoms with Gasteiger partial charge in [-0.05, 0) is 36.4 Å². The summed E-state index contributed by atoms with van der Waals surface area (Å²) in [6.45, 7) is -0.247. The molecule has 0 fully saturated rings. The van der Waals surface area contributed by atoms with Crippen LogP contribution in [0.5, 0.6) is 11.5 Å². The van der Waals surface area contributed by atoms with Crippen molar-refractivity contribution >= 4 is 11.5 Å². The van der Waals surface area contributed by atoms with E-state index in [0.717, 1.165) is 12.1 Å². The zero-order valence-corrected chi connectivity index (χ0v) is 11.3. The number of nitrogen functional groups attached to an aromatic ring is 1. The van der Waals surface area contributed by atoms with Gasteiger partial charge in [-0.15, -0.1) is 13.2 Å². The fourth-order valence-electron chi connectivity index (χ4n) is 1.68. The highest BCUT2D eigenvalue weighted by Crippen LogP contribution is 2.23. The van der Waals surface area contributed by atoms with Crippen LogP contribution in [0.3, 0.4) is 0 Å². The number of benzene rings is 2. The number of anilines is 1. The van der Waals surface area contributed by atoms with Gasteiger partial charge in [0.05, 0.1) is 0 Å². The van der Waals surface area contributed by atoms with Gasteiger partial charge in [0.2, 0.25) is 0 Å². The van der Waals surface area contributed by atoms with E-state index in [-0.39, 0.29) is 23.7 Å². The molecule has 0 aliphatic heterocycles. The highest BCUT2D eigenvalue weighted by atomic mass is 19.4. The van der Waals surface area contributed by atoms with E-state index in [2.05, 4.69) is 4.74 Å². The average molecular weight is 311 g/mol. The Balaban J connectivity index is 1.95. The minimum atomic E-state index is -4.76. The lowest BCUT2D eigenvalue weighted by atomic mass is 10.1. The number of alkyl halides is 3. The maximum atomic E-state index is 12.0. The van der Waals surface area contributed by atoms with Gasteiger partial charge in [0.25, 0.3) is 0 Å². The summed E-state index contributed by atoms with van der Waals surface area (Å²) in [6, 6.07) is 11.2. The zero-order chi connectivity index (χ0) is 16.2. The number of ether oxygens (including phenoxy) is 2. The highest BCUT2D eigenvalue weighted by Gasteiger charge is 2.31. The molecule has 4 nitrogen and oxygen atoms in total. The summed E-state index contributed by atoms with van der Waals surface area (Å²) >= 11 is 0. The molecule has 0 heterocycles. The fourth-order valence-corrected chi connectivity index (χ4v) is 1.68. The fraction of sp³-hybridized carbons (Fsp3) is 0.133. The van der Waals surface area contributed by atoms with Crippen molar-refractivity contribution in [1.29, 1.82) is 0 Å². The van der Waals surface area contributed by atoms with Gasteiger partial charge in [0, 0.05) is 17.3 Å². The molecule has 116 valence electrons. The lowest BCUT2D eigenvalue weighted by molar-refractivity contribution is -0.274. The molecule has 2 N–H and O–H groups in total. The Bertz CT molecular complexity index is 654. The number of nitrogens with two attached hydrogens (primary N) is 1. The van der Waals surface area contributed by atoms with Crippen LogP contribution in [0.4, 0.5) is 18.9 Å². The van der Waals surface area contributed by atoms with Gasteiger partial charge in [0.1, 0.15) is 11.5 Å². The normalized spacial score (nSPS) is 11.0. The van der Waals surface area contributed by atoms with E-state index < -0.39 is 6.36 Å². The van der Waals surface area contributed by atoms with Crippen LogP contribution < -0.4 is 15.2 Å². The Morgan fingerprint density at radius 2 is 1.73 bits per heavy atom. The molecule has 0 spiro atoms. The topological polar surface area (TPSA) is 61.5 Å². The number of carbonyl (C=O) groups excluding carboxylic acids is 1. The van der Waals surface area contributed by atoms with E-state index in [9.17, 15) is 18.0 Å². The van der Waals surface area contributed by atoms with E-state index in [1.807, 2.05) is 0 Å². The van der Waals surface area contributed by atoms with Crippen LogP contribution in [0.2, 0.25) is 0 Å². The van der Waals surface area contributed by atoms with Crippen LogP contribution in [-0.4, -0.2) is 18.8 Å². The molecule has 0 aliphatic carbocycles. The van der Waals surface area contributed by atoms with Crippen molar-refractivity contribution in [3.63, 3.8) is 0 Å². The highest BCUT2D eigenvalue weighted by molar-refractivity contribution is 5.97. The standard InChI is InChI=1S/C15H12F3NO3/c16-15(17,18)22-12-6-4-10(5-7-12)14(20)9-21-13-3-1-2-11(19)8-13/h1-8H,9,19H2. The molecule has 2 rings (SSSR count). The first-order chi connectivity index (χ1) is 10.3. The van der Waals surface area contributed by atoms with E-state index in [0.29, 0.717) is 11.4 Å². The molecule has 7 heteroatoms. The molecule has 0 bridgehead atoms. The summed E-state index contributed by atoms with van der Waals surface area (Å²) in [4.78, 5) is 11.9. The molecule has 0 amide bonds. The van der Waals surface area contributed by atoms with Crippen molar-refractivity contribution < 1.29 is 27.4 Å². The lowest BCUT2D eigenvalue weighted by Crippen LogP contribution is -2.17. The van der Waals surface area contributed by atoms with Gasteiger partial charge in [-0.1, -0.05) is 6.07 Å². The van der Waals surface area contributed by atoms with Crippen molar-refractivity contribution in [2.75, 3.05) is 12.3 Å². The predicted molar refractivity (Wildman–Crippen MR) is 73.8 cm³/mol. The Morgan fingerprint density at radius 3 is 2.32 bits per heavy atom. The van der Waals surface area contributed by atoms with Crippen molar-refractivity contribution in [2.24, 2.45) is 0 Å². The van der Waals surface area contributed by atoms with Crippen molar-refractivity contribution in [1.82, 2.24) is 0 Å². The molecular formula is C15H12F3NO3. The molecule has 0 unspecified atom stereocenters. The van der Waals surface area contributed by atoms with Crippen LogP contribution >= 0.6 is 0 Å². The molecule has 0 atom stereocenters. The maximum Gasteiger partial charge on any atom is 0.573 e. The minimum absolute atomic E-state index is 0.221. The third-order valence-electron chi connectivity index (χ3n) is 2.64. The second-order valence-corrected chi connectivity index (χ2v) is 4.36. The van der Waals surface area contributed by atoms with Gasteiger partial charge in [-0.3, -0.25) is 4.79 Å². The van der Waals surface area contributed by atoms with Gasteiger partial charge in [-0.25, -0.2) is 0 Å². The maximum absolute atomic E-state index is 12.0. The predicted octanol–water partition coefficient (Wildman–Crippen LogP) is 3.43. The summed E-state index contributed by atoms with van der Waals surface area (Å²) in [5.41, 5.74) is 6.29. The monoisotopic (exact) mass is 311 g/mol. The summed E-state index contributed by atoms with van der Waals surface area (Å²) in [5.74, 6) is -0.327. The third-order valence-corrected chi connectivity index (χ3v) is 2.64. The third kappa shape index (κ3) is 4.69. The molecule has 0 saturated heterocycles.